The average molecular weight is 257 g/mol. The highest BCUT2D eigenvalue weighted by Gasteiger charge is 2.01. The van der Waals surface area contributed by atoms with Gasteiger partial charge in [0.2, 0.25) is 0 Å². The van der Waals surface area contributed by atoms with Crippen LogP contribution in [0.25, 0.3) is 0 Å². The van der Waals surface area contributed by atoms with Crippen LogP contribution in [-0.4, -0.2) is 13.3 Å². The molecule has 2 rings (SSSR count). The number of rotatable bonds is 4. The molecule has 92 valence electrons. The molecule has 1 unspecified atom stereocenters. The van der Waals surface area contributed by atoms with E-state index >= 15 is 0 Å². The normalized spacial score (nSPS) is 12.6. The van der Waals surface area contributed by atoms with E-state index in [1.165, 1.54) is 0 Å². The van der Waals surface area contributed by atoms with Crippen LogP contribution in [0.1, 0.15) is 16.5 Å². The second-order valence-electron chi connectivity index (χ2n) is 3.84. The molecule has 0 aliphatic heterocycles. The first kappa shape index (κ1) is 12.7. The Hall–Kier alpha value is -1.74. The van der Waals surface area contributed by atoms with Crippen LogP contribution in [0.5, 0.6) is 5.75 Å². The fraction of sp³-hybridized carbons (Fsp3) is 0.133. The number of benzene rings is 2. The number of hydrogen-bond acceptors (Lipinski definition) is 3. The van der Waals surface area contributed by atoms with E-state index in [9.17, 15) is 0 Å². The van der Waals surface area contributed by atoms with Crippen molar-refractivity contribution in [2.75, 3.05) is 7.11 Å². The lowest BCUT2D eigenvalue weighted by Gasteiger charge is -2.05. The zero-order valence-electron chi connectivity index (χ0n) is 10.2. The van der Waals surface area contributed by atoms with Gasteiger partial charge in [-0.1, -0.05) is 30.3 Å². The maximum atomic E-state index is 5.10. The topological polar surface area (TPSA) is 21.6 Å². The quantitative estimate of drug-likeness (QED) is 0.654. The second-order valence-corrected chi connectivity index (χ2v) is 4.32. The van der Waals surface area contributed by atoms with Crippen molar-refractivity contribution in [3.05, 3.63) is 65.7 Å². The predicted octanol–water partition coefficient (Wildman–Crippen LogP) is 3.74. The summed E-state index contributed by atoms with van der Waals surface area (Å²) in [6.45, 7) is 0. The van der Waals surface area contributed by atoms with E-state index in [0.717, 1.165) is 16.9 Å². The summed E-state index contributed by atoms with van der Waals surface area (Å²) in [6, 6.07) is 17.8. The summed E-state index contributed by atoms with van der Waals surface area (Å²) in [5.41, 5.74) is 2.12. The number of hydrogen-bond donors (Lipinski definition) is 1. The maximum absolute atomic E-state index is 5.10. The fourth-order valence-corrected chi connectivity index (χ4v) is 1.80. The average Bonchev–Trinajstić information content (AvgIpc) is 2.46. The smallest absolute Gasteiger partial charge is 0.118 e. The molecule has 2 aromatic carbocycles. The van der Waals surface area contributed by atoms with Crippen molar-refractivity contribution in [3.8, 4) is 5.75 Å². The van der Waals surface area contributed by atoms with Gasteiger partial charge in [0.15, 0.2) is 0 Å². The maximum Gasteiger partial charge on any atom is 0.118 e. The molecule has 0 bridgehead atoms. The van der Waals surface area contributed by atoms with Gasteiger partial charge in [0.25, 0.3) is 0 Å². The lowest BCUT2D eigenvalue weighted by Crippen LogP contribution is -1.89. The highest BCUT2D eigenvalue weighted by Crippen LogP contribution is 2.20. The lowest BCUT2D eigenvalue weighted by molar-refractivity contribution is 0.415. The zero-order valence-corrected chi connectivity index (χ0v) is 11.0. The minimum atomic E-state index is -0.131. The van der Waals surface area contributed by atoms with Crippen LogP contribution < -0.4 is 4.74 Å². The molecule has 0 radical (unpaired) electrons. The van der Waals surface area contributed by atoms with Crippen molar-refractivity contribution in [1.82, 2.24) is 0 Å². The Morgan fingerprint density at radius 2 is 1.72 bits per heavy atom. The van der Waals surface area contributed by atoms with Crippen LogP contribution in [0, 0.1) is 0 Å². The summed E-state index contributed by atoms with van der Waals surface area (Å²) in [5.74, 6) is 0.845. The third-order valence-electron chi connectivity index (χ3n) is 2.58. The van der Waals surface area contributed by atoms with Crippen LogP contribution in [0.3, 0.4) is 0 Å². The Bertz CT molecular complexity index is 508. The summed E-state index contributed by atoms with van der Waals surface area (Å²) in [7, 11) is 1.66. The van der Waals surface area contributed by atoms with E-state index < -0.39 is 0 Å². The highest BCUT2D eigenvalue weighted by atomic mass is 32.1. The number of nitrogens with zero attached hydrogens (tertiary/aromatic N) is 1. The largest absolute Gasteiger partial charge is 0.497 e. The summed E-state index contributed by atoms with van der Waals surface area (Å²) in [6.07, 6.45) is 1.82. The molecule has 0 aromatic heterocycles. The predicted molar refractivity (Wildman–Crippen MR) is 78.8 cm³/mol. The van der Waals surface area contributed by atoms with E-state index in [4.69, 9.17) is 4.74 Å². The number of thiol groups is 1. The molecule has 0 spiro atoms. The van der Waals surface area contributed by atoms with Gasteiger partial charge in [-0.25, -0.2) is 0 Å². The number of methoxy groups -OCH3 is 1. The van der Waals surface area contributed by atoms with Crippen LogP contribution in [0.15, 0.2) is 59.6 Å². The fourth-order valence-electron chi connectivity index (χ4n) is 1.56. The molecule has 0 saturated heterocycles. The van der Waals surface area contributed by atoms with Gasteiger partial charge in [0.1, 0.15) is 11.1 Å². The Balaban J connectivity index is 2.06. The van der Waals surface area contributed by atoms with Crippen LogP contribution in [0.4, 0.5) is 0 Å². The van der Waals surface area contributed by atoms with Gasteiger partial charge in [-0.2, -0.15) is 0 Å². The molecule has 2 nitrogen and oxygen atoms in total. The molecule has 0 N–H and O–H groups in total. The molecule has 0 aliphatic carbocycles. The minimum absolute atomic E-state index is 0.131. The van der Waals surface area contributed by atoms with Crippen LogP contribution in [-0.2, 0) is 0 Å². The summed E-state index contributed by atoms with van der Waals surface area (Å²) in [4.78, 5) is 4.42. The van der Waals surface area contributed by atoms with Crippen molar-refractivity contribution in [1.29, 1.82) is 0 Å². The summed E-state index contributed by atoms with van der Waals surface area (Å²) >= 11 is 4.47. The first-order valence-electron chi connectivity index (χ1n) is 5.70. The number of ether oxygens (including phenoxy) is 1. The molecule has 0 amide bonds. The van der Waals surface area contributed by atoms with Crippen molar-refractivity contribution in [3.63, 3.8) is 0 Å². The van der Waals surface area contributed by atoms with Gasteiger partial charge < -0.3 is 4.74 Å². The molecule has 3 heteroatoms. The first-order chi connectivity index (χ1) is 8.79. The third kappa shape index (κ3) is 3.37. The molecular weight excluding hydrogens is 242 g/mol. The van der Waals surface area contributed by atoms with E-state index in [2.05, 4.69) is 17.6 Å². The van der Waals surface area contributed by atoms with E-state index in [-0.39, 0.29) is 5.37 Å². The SMILES string of the molecule is COc1ccc(/C=N/C(S)c2ccccc2)cc1. The van der Waals surface area contributed by atoms with Gasteiger partial charge in [-0.3, -0.25) is 4.99 Å². The molecule has 2 aromatic rings. The van der Waals surface area contributed by atoms with Gasteiger partial charge in [-0.05, 0) is 35.4 Å². The van der Waals surface area contributed by atoms with Crippen molar-refractivity contribution < 1.29 is 4.74 Å². The van der Waals surface area contributed by atoms with E-state index in [0.29, 0.717) is 0 Å². The third-order valence-corrected chi connectivity index (χ3v) is 3.01. The molecule has 18 heavy (non-hydrogen) atoms. The first-order valence-corrected chi connectivity index (χ1v) is 6.21. The minimum Gasteiger partial charge on any atom is -0.497 e. The van der Waals surface area contributed by atoms with Crippen molar-refractivity contribution >= 4 is 18.8 Å². The molecule has 0 heterocycles. The van der Waals surface area contributed by atoms with Gasteiger partial charge in [-0.15, -0.1) is 12.6 Å². The molecular formula is C15H15NOS. The van der Waals surface area contributed by atoms with Gasteiger partial charge in [0.05, 0.1) is 7.11 Å². The molecule has 0 aliphatic rings. The van der Waals surface area contributed by atoms with Crippen molar-refractivity contribution in [2.45, 2.75) is 5.37 Å². The summed E-state index contributed by atoms with van der Waals surface area (Å²) in [5, 5.41) is -0.131. The second kappa shape index (κ2) is 6.26. The van der Waals surface area contributed by atoms with Gasteiger partial charge >= 0.3 is 0 Å². The standard InChI is InChI=1S/C15H15NOS/c1-17-14-9-7-12(8-10-14)11-16-15(18)13-5-3-2-4-6-13/h2-11,15,18H,1H3/b16-11+. The van der Waals surface area contributed by atoms with Gasteiger partial charge in [0, 0.05) is 6.21 Å². The number of aliphatic imine (C=N–C) groups is 1. The molecule has 0 fully saturated rings. The van der Waals surface area contributed by atoms with Crippen molar-refractivity contribution in [2.24, 2.45) is 4.99 Å². The van der Waals surface area contributed by atoms with Crippen LogP contribution >= 0.6 is 12.6 Å². The lowest BCUT2D eigenvalue weighted by atomic mass is 10.2. The highest BCUT2D eigenvalue weighted by molar-refractivity contribution is 7.80. The Morgan fingerprint density at radius 1 is 1.06 bits per heavy atom. The summed E-state index contributed by atoms with van der Waals surface area (Å²) < 4.78 is 5.10. The Morgan fingerprint density at radius 3 is 2.33 bits per heavy atom. The molecule has 1 atom stereocenters. The zero-order chi connectivity index (χ0) is 12.8. The Kier molecular flexibility index (Phi) is 4.42. The monoisotopic (exact) mass is 257 g/mol. The molecule has 0 saturated carbocycles. The van der Waals surface area contributed by atoms with E-state index in [1.807, 2.05) is 60.8 Å². The van der Waals surface area contributed by atoms with Crippen LogP contribution in [0.2, 0.25) is 0 Å². The Labute approximate surface area is 113 Å². The van der Waals surface area contributed by atoms with E-state index in [1.54, 1.807) is 7.11 Å².